The fourth-order valence-electron chi connectivity index (χ4n) is 1.89. The smallest absolute Gasteiger partial charge is 0.0639 e. The summed E-state index contributed by atoms with van der Waals surface area (Å²) in [6.45, 7) is 5.95. The van der Waals surface area contributed by atoms with E-state index >= 15 is 0 Å². The van der Waals surface area contributed by atoms with Gasteiger partial charge in [0.1, 0.15) is 0 Å². The Morgan fingerprint density at radius 1 is 1.31 bits per heavy atom. The molecule has 1 atom stereocenters. The summed E-state index contributed by atoms with van der Waals surface area (Å²) in [6.07, 6.45) is 6.94. The van der Waals surface area contributed by atoms with Gasteiger partial charge in [-0.15, -0.1) is 11.8 Å². The van der Waals surface area contributed by atoms with E-state index in [1.807, 2.05) is 0 Å². The minimum Gasteiger partial charge on any atom is -0.291 e. The highest BCUT2D eigenvalue weighted by Crippen LogP contribution is 2.38. The minimum atomic E-state index is 0.452. The van der Waals surface area contributed by atoms with Crippen LogP contribution in [0.25, 0.3) is 0 Å². The van der Waals surface area contributed by atoms with Crippen LogP contribution in [0.1, 0.15) is 46.0 Å². The third kappa shape index (κ3) is 3.17. The van der Waals surface area contributed by atoms with E-state index in [9.17, 15) is 0 Å². The van der Waals surface area contributed by atoms with Crippen molar-refractivity contribution in [3.05, 3.63) is 0 Å². The summed E-state index contributed by atoms with van der Waals surface area (Å²) in [5.74, 6) is 1.32. The average Bonchev–Trinajstić information content (AvgIpc) is 2.42. The van der Waals surface area contributed by atoms with Gasteiger partial charge in [-0.1, -0.05) is 32.6 Å². The quantitative estimate of drug-likeness (QED) is 0.628. The van der Waals surface area contributed by atoms with Crippen molar-refractivity contribution in [2.75, 3.05) is 19.3 Å². The molecule has 78 valence electrons. The average molecular weight is 201 g/mol. The van der Waals surface area contributed by atoms with Crippen molar-refractivity contribution in [3.63, 3.8) is 0 Å². The SMILES string of the molecule is CCCCCCC1(C)SCCN1C. The van der Waals surface area contributed by atoms with Crippen molar-refractivity contribution < 1.29 is 0 Å². The van der Waals surface area contributed by atoms with Gasteiger partial charge in [-0.05, 0) is 20.4 Å². The van der Waals surface area contributed by atoms with Crippen LogP contribution in [0.3, 0.4) is 0 Å². The summed E-state index contributed by atoms with van der Waals surface area (Å²) in [5.41, 5.74) is 0. The van der Waals surface area contributed by atoms with Crippen molar-refractivity contribution in [2.24, 2.45) is 0 Å². The molecule has 1 aliphatic rings. The molecule has 2 heteroatoms. The predicted molar refractivity (Wildman–Crippen MR) is 62.3 cm³/mol. The van der Waals surface area contributed by atoms with Gasteiger partial charge in [0, 0.05) is 12.3 Å². The van der Waals surface area contributed by atoms with E-state index in [4.69, 9.17) is 0 Å². The molecule has 0 aromatic rings. The molecule has 13 heavy (non-hydrogen) atoms. The van der Waals surface area contributed by atoms with E-state index in [-0.39, 0.29) is 0 Å². The van der Waals surface area contributed by atoms with Gasteiger partial charge in [0.25, 0.3) is 0 Å². The number of hydrogen-bond acceptors (Lipinski definition) is 2. The van der Waals surface area contributed by atoms with E-state index in [1.54, 1.807) is 0 Å². The van der Waals surface area contributed by atoms with Gasteiger partial charge in [-0.25, -0.2) is 0 Å². The van der Waals surface area contributed by atoms with Crippen LogP contribution in [0.4, 0.5) is 0 Å². The maximum atomic E-state index is 2.52. The van der Waals surface area contributed by atoms with Gasteiger partial charge in [0.2, 0.25) is 0 Å². The summed E-state index contributed by atoms with van der Waals surface area (Å²) in [4.78, 5) is 2.97. The Labute approximate surface area is 87.3 Å². The van der Waals surface area contributed by atoms with E-state index < -0.39 is 0 Å². The van der Waals surface area contributed by atoms with Crippen molar-refractivity contribution in [1.29, 1.82) is 0 Å². The molecule has 1 heterocycles. The molecule has 0 N–H and O–H groups in total. The van der Waals surface area contributed by atoms with Crippen molar-refractivity contribution in [3.8, 4) is 0 Å². The Bertz CT molecular complexity index is 149. The fraction of sp³-hybridized carbons (Fsp3) is 1.00. The molecule has 0 bridgehead atoms. The molecule has 0 saturated carbocycles. The molecule has 1 rings (SSSR count). The third-order valence-corrected chi connectivity index (χ3v) is 4.67. The lowest BCUT2D eigenvalue weighted by atomic mass is 10.1. The molecule has 1 aliphatic heterocycles. The molecule has 0 aromatic carbocycles. The second kappa shape index (κ2) is 5.26. The van der Waals surface area contributed by atoms with Gasteiger partial charge in [-0.2, -0.15) is 0 Å². The van der Waals surface area contributed by atoms with Crippen LogP contribution in [0.15, 0.2) is 0 Å². The predicted octanol–water partition coefficient (Wildman–Crippen LogP) is 3.35. The summed E-state index contributed by atoms with van der Waals surface area (Å²) >= 11 is 2.14. The van der Waals surface area contributed by atoms with Crippen LogP contribution in [0.5, 0.6) is 0 Å². The lowest BCUT2D eigenvalue weighted by Crippen LogP contribution is -2.35. The molecule has 0 amide bonds. The first-order chi connectivity index (χ1) is 6.19. The van der Waals surface area contributed by atoms with Crippen molar-refractivity contribution in [1.82, 2.24) is 4.90 Å². The Balaban J connectivity index is 2.18. The van der Waals surface area contributed by atoms with Crippen LogP contribution in [-0.2, 0) is 0 Å². The van der Waals surface area contributed by atoms with Crippen LogP contribution < -0.4 is 0 Å². The summed E-state index contributed by atoms with van der Waals surface area (Å²) < 4.78 is 0. The molecule has 1 nitrogen and oxygen atoms in total. The number of thioether (sulfide) groups is 1. The number of hydrogen-bond donors (Lipinski definition) is 0. The normalized spacial score (nSPS) is 29.8. The lowest BCUT2D eigenvalue weighted by molar-refractivity contribution is 0.240. The second-order valence-electron chi connectivity index (χ2n) is 4.26. The molecular formula is C11H23NS. The standard InChI is InChI=1S/C11H23NS/c1-4-5-6-7-8-11(2)12(3)9-10-13-11/h4-10H2,1-3H3. The Morgan fingerprint density at radius 2 is 2.08 bits per heavy atom. The minimum absolute atomic E-state index is 0.452. The lowest BCUT2D eigenvalue weighted by Gasteiger charge is -2.31. The Morgan fingerprint density at radius 3 is 2.62 bits per heavy atom. The van der Waals surface area contributed by atoms with Crippen molar-refractivity contribution in [2.45, 2.75) is 50.8 Å². The van der Waals surface area contributed by atoms with Crippen LogP contribution in [-0.4, -0.2) is 29.1 Å². The number of unbranched alkanes of at least 4 members (excludes halogenated alkanes) is 3. The molecule has 0 aromatic heterocycles. The Hall–Kier alpha value is 0.310. The molecule has 0 radical (unpaired) electrons. The summed E-state index contributed by atoms with van der Waals surface area (Å²) in [6, 6.07) is 0. The summed E-state index contributed by atoms with van der Waals surface area (Å²) in [7, 11) is 2.26. The first-order valence-corrected chi connectivity index (χ1v) is 6.53. The molecule has 0 aliphatic carbocycles. The van der Waals surface area contributed by atoms with Crippen LogP contribution >= 0.6 is 11.8 Å². The maximum Gasteiger partial charge on any atom is 0.0639 e. The van der Waals surface area contributed by atoms with Crippen molar-refractivity contribution >= 4 is 11.8 Å². The van der Waals surface area contributed by atoms with Gasteiger partial charge < -0.3 is 0 Å². The first kappa shape index (κ1) is 11.4. The molecule has 1 fully saturated rings. The topological polar surface area (TPSA) is 3.24 Å². The third-order valence-electron chi connectivity index (χ3n) is 3.14. The zero-order valence-electron chi connectivity index (χ0n) is 9.31. The monoisotopic (exact) mass is 201 g/mol. The maximum absolute atomic E-state index is 2.52. The highest BCUT2D eigenvalue weighted by atomic mass is 32.2. The highest BCUT2D eigenvalue weighted by molar-refractivity contribution is 8.00. The second-order valence-corrected chi connectivity index (χ2v) is 5.83. The van der Waals surface area contributed by atoms with Gasteiger partial charge >= 0.3 is 0 Å². The van der Waals surface area contributed by atoms with Gasteiger partial charge in [-0.3, -0.25) is 4.90 Å². The molecule has 1 saturated heterocycles. The molecule has 1 unspecified atom stereocenters. The fourth-order valence-corrected chi connectivity index (χ4v) is 3.30. The molecular weight excluding hydrogens is 178 g/mol. The van der Waals surface area contributed by atoms with E-state index in [1.165, 1.54) is 44.4 Å². The van der Waals surface area contributed by atoms with Gasteiger partial charge in [0.05, 0.1) is 4.87 Å². The molecule has 0 spiro atoms. The number of rotatable bonds is 5. The Kier molecular flexibility index (Phi) is 4.60. The zero-order valence-corrected chi connectivity index (χ0v) is 10.1. The number of nitrogens with zero attached hydrogens (tertiary/aromatic N) is 1. The highest BCUT2D eigenvalue weighted by Gasteiger charge is 2.33. The van der Waals surface area contributed by atoms with E-state index in [0.29, 0.717) is 4.87 Å². The largest absolute Gasteiger partial charge is 0.291 e. The van der Waals surface area contributed by atoms with Gasteiger partial charge in [0.15, 0.2) is 0 Å². The first-order valence-electron chi connectivity index (χ1n) is 5.54. The van der Waals surface area contributed by atoms with E-state index in [2.05, 4.69) is 37.6 Å². The van der Waals surface area contributed by atoms with E-state index in [0.717, 1.165) is 0 Å². The van der Waals surface area contributed by atoms with Crippen LogP contribution in [0, 0.1) is 0 Å². The summed E-state index contributed by atoms with van der Waals surface area (Å²) in [5, 5.41) is 0. The zero-order chi connectivity index (χ0) is 9.73. The van der Waals surface area contributed by atoms with Crippen LogP contribution in [0.2, 0.25) is 0 Å².